The second kappa shape index (κ2) is 7.67. The standard InChI is InChI=1S/C23H22FN5O3/c1-3-12-8-20(30)16(24)9-15(12)13-5-6-14-17(7-13)27-28-21(14)22-25-18-10-29(11-19(18)26-22)23(31)32-4-2/h5-9,30H,3-4,10-11H2,1-2H3,(H,25,26)(H,27,28). The van der Waals surface area contributed by atoms with Crippen molar-refractivity contribution < 1.29 is 19.0 Å². The summed E-state index contributed by atoms with van der Waals surface area (Å²) >= 11 is 0. The minimum atomic E-state index is -0.649. The highest BCUT2D eigenvalue weighted by molar-refractivity contribution is 5.94. The minimum absolute atomic E-state index is 0.333. The highest BCUT2D eigenvalue weighted by Gasteiger charge is 2.28. The molecular formula is C23H22FN5O3. The number of carbonyl (C=O) groups excluding carboxylic acids is 1. The van der Waals surface area contributed by atoms with Crippen LogP contribution in [0.5, 0.6) is 5.75 Å². The van der Waals surface area contributed by atoms with Crippen LogP contribution in [0.15, 0.2) is 30.3 Å². The molecule has 0 unspecified atom stereocenters. The number of phenolic OH excluding ortho intramolecular Hbond substituents is 1. The van der Waals surface area contributed by atoms with Gasteiger partial charge in [-0.15, -0.1) is 0 Å². The molecule has 0 saturated carbocycles. The summed E-state index contributed by atoms with van der Waals surface area (Å²) in [5.41, 5.74) is 5.55. The zero-order valence-corrected chi connectivity index (χ0v) is 17.7. The molecule has 0 saturated heterocycles. The van der Waals surface area contributed by atoms with E-state index in [1.165, 1.54) is 12.1 Å². The van der Waals surface area contributed by atoms with Gasteiger partial charge in [-0.2, -0.15) is 5.10 Å². The molecule has 0 spiro atoms. The van der Waals surface area contributed by atoms with Crippen LogP contribution in [0.3, 0.4) is 0 Å². The fraction of sp³-hybridized carbons (Fsp3) is 0.261. The molecule has 1 aliphatic heterocycles. The van der Waals surface area contributed by atoms with E-state index in [1.54, 1.807) is 11.8 Å². The summed E-state index contributed by atoms with van der Waals surface area (Å²) in [6, 6.07) is 8.57. The molecule has 164 valence electrons. The van der Waals surface area contributed by atoms with Crippen molar-refractivity contribution in [3.63, 3.8) is 0 Å². The number of nitrogens with one attached hydrogen (secondary N) is 2. The number of nitrogens with zero attached hydrogens (tertiary/aromatic N) is 3. The predicted molar refractivity (Wildman–Crippen MR) is 116 cm³/mol. The Morgan fingerprint density at radius 1 is 1.25 bits per heavy atom. The summed E-state index contributed by atoms with van der Waals surface area (Å²) < 4.78 is 19.1. The van der Waals surface area contributed by atoms with E-state index >= 15 is 0 Å². The lowest BCUT2D eigenvalue weighted by molar-refractivity contribution is 0.106. The first-order valence-electron chi connectivity index (χ1n) is 10.5. The largest absolute Gasteiger partial charge is 0.505 e. The number of rotatable bonds is 4. The molecule has 2 aromatic carbocycles. The fourth-order valence-electron chi connectivity index (χ4n) is 4.12. The van der Waals surface area contributed by atoms with Crippen molar-refractivity contribution in [3.8, 4) is 28.4 Å². The number of phenols is 1. The Bertz CT molecular complexity index is 1320. The van der Waals surface area contributed by atoms with Gasteiger partial charge in [0.1, 0.15) is 5.69 Å². The SMILES string of the molecule is CCOC(=O)N1Cc2nc(-c3n[nH]c4cc(-c5cc(F)c(O)cc5CC)ccc34)[nH]c2C1. The topological polar surface area (TPSA) is 107 Å². The van der Waals surface area contributed by atoms with Gasteiger partial charge in [-0.05, 0) is 54.3 Å². The van der Waals surface area contributed by atoms with Crippen LogP contribution in [-0.2, 0) is 24.2 Å². The number of fused-ring (bicyclic) bond motifs is 2. The van der Waals surface area contributed by atoms with Crippen LogP contribution >= 0.6 is 0 Å². The number of benzene rings is 2. The maximum absolute atomic E-state index is 14.0. The van der Waals surface area contributed by atoms with Crippen LogP contribution in [-0.4, -0.2) is 42.9 Å². The van der Waals surface area contributed by atoms with Crippen LogP contribution in [0, 0.1) is 5.82 Å². The highest BCUT2D eigenvalue weighted by Crippen LogP contribution is 2.34. The van der Waals surface area contributed by atoms with E-state index in [1.807, 2.05) is 25.1 Å². The highest BCUT2D eigenvalue weighted by atomic mass is 19.1. The summed E-state index contributed by atoms with van der Waals surface area (Å²) in [5, 5.41) is 18.0. The fourth-order valence-corrected chi connectivity index (χ4v) is 4.12. The average molecular weight is 435 g/mol. The van der Waals surface area contributed by atoms with Gasteiger partial charge in [0.05, 0.1) is 36.6 Å². The molecule has 32 heavy (non-hydrogen) atoms. The normalized spacial score (nSPS) is 13.0. The number of hydrogen-bond donors (Lipinski definition) is 3. The smallest absolute Gasteiger partial charge is 0.410 e. The van der Waals surface area contributed by atoms with Gasteiger partial charge in [-0.25, -0.2) is 14.2 Å². The Kier molecular flexibility index (Phi) is 4.80. The predicted octanol–water partition coefficient (Wildman–Crippen LogP) is 4.50. The van der Waals surface area contributed by atoms with Crippen molar-refractivity contribution in [1.82, 2.24) is 25.1 Å². The Morgan fingerprint density at radius 2 is 2.09 bits per heavy atom. The number of imidazole rings is 1. The van der Waals surface area contributed by atoms with Gasteiger partial charge in [0.15, 0.2) is 17.4 Å². The number of aromatic nitrogens is 4. The third-order valence-corrected chi connectivity index (χ3v) is 5.73. The third-order valence-electron chi connectivity index (χ3n) is 5.73. The van der Waals surface area contributed by atoms with E-state index in [-0.39, 0.29) is 11.8 Å². The molecule has 4 aromatic rings. The van der Waals surface area contributed by atoms with Crippen LogP contribution in [0.1, 0.15) is 30.8 Å². The number of aryl methyl sites for hydroxylation is 1. The molecule has 2 aromatic heterocycles. The molecule has 0 fully saturated rings. The first-order chi connectivity index (χ1) is 15.5. The van der Waals surface area contributed by atoms with Gasteiger partial charge in [0.2, 0.25) is 0 Å². The molecule has 3 N–H and O–H groups in total. The number of aromatic hydroxyl groups is 1. The van der Waals surface area contributed by atoms with Gasteiger partial charge < -0.3 is 14.8 Å². The van der Waals surface area contributed by atoms with Crippen molar-refractivity contribution in [3.05, 3.63) is 53.1 Å². The van der Waals surface area contributed by atoms with E-state index < -0.39 is 5.82 Å². The minimum Gasteiger partial charge on any atom is -0.505 e. The summed E-state index contributed by atoms with van der Waals surface area (Å²) in [5.74, 6) is -0.366. The number of hydrogen-bond acceptors (Lipinski definition) is 5. The van der Waals surface area contributed by atoms with Gasteiger partial charge in [0.25, 0.3) is 0 Å². The van der Waals surface area contributed by atoms with Crippen molar-refractivity contribution >= 4 is 17.0 Å². The maximum Gasteiger partial charge on any atom is 0.410 e. The molecule has 0 aliphatic carbocycles. The van der Waals surface area contributed by atoms with Crippen LogP contribution in [0.25, 0.3) is 33.5 Å². The van der Waals surface area contributed by atoms with Crippen LogP contribution in [0.2, 0.25) is 0 Å². The van der Waals surface area contributed by atoms with Crippen molar-refractivity contribution in [2.24, 2.45) is 0 Å². The van der Waals surface area contributed by atoms with Crippen molar-refractivity contribution in [1.29, 1.82) is 0 Å². The molecular weight excluding hydrogens is 413 g/mol. The number of carbonyl (C=O) groups is 1. The second-order valence-electron chi connectivity index (χ2n) is 7.71. The van der Waals surface area contributed by atoms with Crippen molar-refractivity contribution in [2.75, 3.05) is 6.61 Å². The number of aromatic amines is 2. The zero-order valence-electron chi connectivity index (χ0n) is 17.7. The molecule has 3 heterocycles. The summed E-state index contributed by atoms with van der Waals surface area (Å²) in [4.78, 5) is 21.5. The second-order valence-corrected chi connectivity index (χ2v) is 7.71. The third kappa shape index (κ3) is 3.26. The van der Waals surface area contributed by atoms with Gasteiger partial charge >= 0.3 is 6.09 Å². The van der Waals surface area contributed by atoms with E-state index in [0.717, 1.165) is 39.0 Å². The first kappa shape index (κ1) is 20.0. The molecule has 0 atom stereocenters. The zero-order chi connectivity index (χ0) is 22.4. The van der Waals surface area contributed by atoms with Crippen LogP contribution in [0.4, 0.5) is 9.18 Å². The number of ether oxygens (including phenoxy) is 1. The Hall–Kier alpha value is -3.88. The quantitative estimate of drug-likeness (QED) is 0.438. The first-order valence-corrected chi connectivity index (χ1v) is 10.5. The number of H-pyrrole nitrogens is 2. The van der Waals surface area contributed by atoms with Gasteiger partial charge in [0, 0.05) is 5.39 Å². The Balaban J connectivity index is 1.46. The lowest BCUT2D eigenvalue weighted by atomic mass is 9.96. The Morgan fingerprint density at radius 3 is 2.84 bits per heavy atom. The summed E-state index contributed by atoms with van der Waals surface area (Å²) in [7, 11) is 0. The summed E-state index contributed by atoms with van der Waals surface area (Å²) in [6.45, 7) is 4.88. The van der Waals surface area contributed by atoms with E-state index in [2.05, 4.69) is 20.2 Å². The average Bonchev–Trinajstić information content (AvgIpc) is 3.47. The van der Waals surface area contributed by atoms with Gasteiger partial charge in [-0.3, -0.25) is 10.00 Å². The number of amides is 1. The molecule has 8 nitrogen and oxygen atoms in total. The molecule has 0 radical (unpaired) electrons. The van der Waals surface area contributed by atoms with Gasteiger partial charge in [-0.1, -0.05) is 13.0 Å². The van der Waals surface area contributed by atoms with Crippen molar-refractivity contribution in [2.45, 2.75) is 33.4 Å². The lowest BCUT2D eigenvalue weighted by Crippen LogP contribution is -2.26. The number of halogens is 1. The molecule has 5 rings (SSSR count). The molecule has 1 amide bonds. The summed E-state index contributed by atoms with van der Waals surface area (Å²) in [6.07, 6.45) is 0.311. The van der Waals surface area contributed by atoms with E-state index in [9.17, 15) is 14.3 Å². The Labute approximate surface area is 183 Å². The van der Waals surface area contributed by atoms with E-state index in [0.29, 0.717) is 37.6 Å². The maximum atomic E-state index is 14.0. The lowest BCUT2D eigenvalue weighted by Gasteiger charge is -2.14. The monoisotopic (exact) mass is 435 g/mol. The molecule has 9 heteroatoms. The van der Waals surface area contributed by atoms with Crippen LogP contribution < -0.4 is 0 Å². The van der Waals surface area contributed by atoms with E-state index in [4.69, 9.17) is 4.74 Å². The molecule has 1 aliphatic rings. The molecule has 0 bridgehead atoms.